The number of amides is 1. The normalized spacial score (nSPS) is 16.9. The molecule has 0 aliphatic rings. The van der Waals surface area contributed by atoms with Crippen LogP contribution in [0.1, 0.15) is 40.5 Å². The third-order valence-corrected chi connectivity index (χ3v) is 2.64. The Labute approximate surface area is 98.6 Å². The lowest BCUT2D eigenvalue weighted by Gasteiger charge is -2.26. The first kappa shape index (κ1) is 15.4. The number of rotatable bonds is 7. The standard InChI is InChI=1S/C12H26N2O2/c1-5-10(7-13)11(15)14-8-12(4,16)6-9(2)3/h9-10,16H,5-8,13H2,1-4H3,(H,14,15). The number of carbonyl (C=O) groups excluding carboxylic acids is 1. The molecule has 0 aromatic heterocycles. The Morgan fingerprint density at radius 2 is 2.06 bits per heavy atom. The molecule has 0 bridgehead atoms. The van der Waals surface area contributed by atoms with Gasteiger partial charge in [0.1, 0.15) is 0 Å². The average molecular weight is 230 g/mol. The van der Waals surface area contributed by atoms with E-state index in [9.17, 15) is 9.90 Å². The van der Waals surface area contributed by atoms with Gasteiger partial charge in [-0.15, -0.1) is 0 Å². The van der Waals surface area contributed by atoms with Gasteiger partial charge in [-0.2, -0.15) is 0 Å². The fourth-order valence-electron chi connectivity index (χ4n) is 1.83. The van der Waals surface area contributed by atoms with E-state index in [1.807, 2.05) is 20.8 Å². The summed E-state index contributed by atoms with van der Waals surface area (Å²) in [5.74, 6) is 0.201. The molecule has 0 rings (SSSR count). The lowest BCUT2D eigenvalue weighted by atomic mass is 9.94. The van der Waals surface area contributed by atoms with E-state index in [0.717, 1.165) is 6.42 Å². The maximum Gasteiger partial charge on any atom is 0.224 e. The summed E-state index contributed by atoms with van der Waals surface area (Å²) in [5.41, 5.74) is 4.64. The number of carbonyl (C=O) groups is 1. The van der Waals surface area contributed by atoms with E-state index in [-0.39, 0.29) is 11.8 Å². The van der Waals surface area contributed by atoms with E-state index < -0.39 is 5.60 Å². The quantitative estimate of drug-likeness (QED) is 0.608. The summed E-state index contributed by atoms with van der Waals surface area (Å²) in [5, 5.41) is 12.8. The van der Waals surface area contributed by atoms with Crippen molar-refractivity contribution in [1.29, 1.82) is 0 Å². The molecule has 0 aromatic carbocycles. The first-order valence-corrected chi connectivity index (χ1v) is 6.02. The highest BCUT2D eigenvalue weighted by molar-refractivity contribution is 5.78. The van der Waals surface area contributed by atoms with E-state index in [4.69, 9.17) is 5.73 Å². The van der Waals surface area contributed by atoms with Crippen LogP contribution in [0.4, 0.5) is 0 Å². The summed E-state index contributed by atoms with van der Waals surface area (Å²) < 4.78 is 0. The van der Waals surface area contributed by atoms with Crippen LogP contribution in [0, 0.1) is 11.8 Å². The molecule has 0 aliphatic carbocycles. The largest absolute Gasteiger partial charge is 0.388 e. The molecule has 1 amide bonds. The van der Waals surface area contributed by atoms with Gasteiger partial charge in [-0.1, -0.05) is 20.8 Å². The van der Waals surface area contributed by atoms with Gasteiger partial charge in [0.15, 0.2) is 0 Å². The number of aliphatic hydroxyl groups is 1. The molecule has 0 radical (unpaired) electrons. The summed E-state index contributed by atoms with van der Waals surface area (Å²) in [6, 6.07) is 0. The smallest absolute Gasteiger partial charge is 0.224 e. The first-order valence-electron chi connectivity index (χ1n) is 6.02. The Hall–Kier alpha value is -0.610. The van der Waals surface area contributed by atoms with Crippen molar-refractivity contribution in [3.8, 4) is 0 Å². The van der Waals surface area contributed by atoms with Crippen molar-refractivity contribution in [3.05, 3.63) is 0 Å². The zero-order valence-corrected chi connectivity index (χ0v) is 10.9. The Balaban J connectivity index is 4.08. The third-order valence-electron chi connectivity index (χ3n) is 2.64. The van der Waals surface area contributed by atoms with Crippen molar-refractivity contribution in [1.82, 2.24) is 5.32 Å². The van der Waals surface area contributed by atoms with Crippen LogP contribution in [0.25, 0.3) is 0 Å². The van der Waals surface area contributed by atoms with Crippen molar-refractivity contribution in [2.45, 2.75) is 46.1 Å². The summed E-state index contributed by atoms with van der Waals surface area (Å²) in [4.78, 5) is 11.6. The van der Waals surface area contributed by atoms with Gasteiger partial charge in [-0.3, -0.25) is 4.79 Å². The van der Waals surface area contributed by atoms with E-state index in [2.05, 4.69) is 5.32 Å². The molecule has 16 heavy (non-hydrogen) atoms. The average Bonchev–Trinajstić information content (AvgIpc) is 2.15. The molecule has 0 saturated carbocycles. The lowest BCUT2D eigenvalue weighted by molar-refractivity contribution is -0.126. The van der Waals surface area contributed by atoms with Crippen molar-refractivity contribution in [3.63, 3.8) is 0 Å². The zero-order valence-electron chi connectivity index (χ0n) is 10.9. The minimum atomic E-state index is -0.837. The number of nitrogens with two attached hydrogens (primary N) is 1. The third kappa shape index (κ3) is 6.08. The molecular weight excluding hydrogens is 204 g/mol. The molecule has 0 aromatic rings. The molecule has 96 valence electrons. The Kier molecular flexibility index (Phi) is 6.60. The fraction of sp³-hybridized carbons (Fsp3) is 0.917. The van der Waals surface area contributed by atoms with Crippen LogP contribution < -0.4 is 11.1 Å². The molecule has 0 spiro atoms. The first-order chi connectivity index (χ1) is 7.32. The molecule has 2 atom stereocenters. The van der Waals surface area contributed by atoms with Gasteiger partial charge >= 0.3 is 0 Å². The number of nitrogens with one attached hydrogen (secondary N) is 1. The minimum absolute atomic E-state index is 0.0611. The molecule has 0 saturated heterocycles. The number of hydrogen-bond acceptors (Lipinski definition) is 3. The topological polar surface area (TPSA) is 75.4 Å². The van der Waals surface area contributed by atoms with Crippen LogP contribution in [0.15, 0.2) is 0 Å². The van der Waals surface area contributed by atoms with Crippen molar-refractivity contribution < 1.29 is 9.90 Å². The Morgan fingerprint density at radius 1 is 1.50 bits per heavy atom. The van der Waals surface area contributed by atoms with Crippen LogP contribution in [-0.2, 0) is 4.79 Å². The van der Waals surface area contributed by atoms with Gasteiger partial charge in [0, 0.05) is 19.0 Å². The maximum atomic E-state index is 11.6. The van der Waals surface area contributed by atoms with Crippen LogP contribution in [-0.4, -0.2) is 29.7 Å². The molecule has 0 heterocycles. The van der Waals surface area contributed by atoms with Gasteiger partial charge in [-0.25, -0.2) is 0 Å². The monoisotopic (exact) mass is 230 g/mol. The summed E-state index contributed by atoms with van der Waals surface area (Å²) in [6.45, 7) is 8.42. The van der Waals surface area contributed by atoms with E-state index in [1.165, 1.54) is 0 Å². The van der Waals surface area contributed by atoms with Crippen LogP contribution in [0.5, 0.6) is 0 Å². The van der Waals surface area contributed by atoms with Gasteiger partial charge in [0.25, 0.3) is 0 Å². The molecule has 0 fully saturated rings. The lowest BCUT2D eigenvalue weighted by Crippen LogP contribution is -2.44. The molecule has 4 heteroatoms. The highest BCUT2D eigenvalue weighted by Crippen LogP contribution is 2.15. The molecular formula is C12H26N2O2. The summed E-state index contributed by atoms with van der Waals surface area (Å²) in [6.07, 6.45) is 1.40. The predicted octanol–water partition coefficient (Wildman–Crippen LogP) is 0.885. The van der Waals surface area contributed by atoms with Gasteiger partial charge in [0.2, 0.25) is 5.91 Å². The maximum absolute atomic E-state index is 11.6. The van der Waals surface area contributed by atoms with Crippen molar-refractivity contribution >= 4 is 5.91 Å². The summed E-state index contributed by atoms with van der Waals surface area (Å²) >= 11 is 0. The summed E-state index contributed by atoms with van der Waals surface area (Å²) in [7, 11) is 0. The van der Waals surface area contributed by atoms with E-state index in [0.29, 0.717) is 25.4 Å². The Bertz CT molecular complexity index is 211. The Morgan fingerprint density at radius 3 is 2.44 bits per heavy atom. The molecule has 4 nitrogen and oxygen atoms in total. The minimum Gasteiger partial charge on any atom is -0.388 e. The second-order valence-corrected chi connectivity index (χ2v) is 5.15. The van der Waals surface area contributed by atoms with Gasteiger partial charge in [0.05, 0.1) is 5.60 Å². The van der Waals surface area contributed by atoms with E-state index in [1.54, 1.807) is 6.92 Å². The second kappa shape index (κ2) is 6.86. The van der Waals surface area contributed by atoms with Crippen LogP contribution in [0.2, 0.25) is 0 Å². The van der Waals surface area contributed by atoms with Crippen molar-refractivity contribution in [2.24, 2.45) is 17.6 Å². The van der Waals surface area contributed by atoms with Gasteiger partial charge < -0.3 is 16.2 Å². The van der Waals surface area contributed by atoms with Crippen LogP contribution in [0.3, 0.4) is 0 Å². The molecule has 4 N–H and O–H groups in total. The number of hydrogen-bond donors (Lipinski definition) is 3. The fourth-order valence-corrected chi connectivity index (χ4v) is 1.83. The second-order valence-electron chi connectivity index (χ2n) is 5.15. The SMILES string of the molecule is CCC(CN)C(=O)NCC(C)(O)CC(C)C. The van der Waals surface area contributed by atoms with Crippen LogP contribution >= 0.6 is 0 Å². The highest BCUT2D eigenvalue weighted by atomic mass is 16.3. The van der Waals surface area contributed by atoms with Gasteiger partial charge in [-0.05, 0) is 25.7 Å². The highest BCUT2D eigenvalue weighted by Gasteiger charge is 2.24. The predicted molar refractivity (Wildman–Crippen MR) is 65.9 cm³/mol. The van der Waals surface area contributed by atoms with E-state index >= 15 is 0 Å². The zero-order chi connectivity index (χ0) is 12.8. The molecule has 2 unspecified atom stereocenters. The van der Waals surface area contributed by atoms with Crippen molar-refractivity contribution in [2.75, 3.05) is 13.1 Å². The molecule has 0 aliphatic heterocycles.